The van der Waals surface area contributed by atoms with E-state index in [1.165, 1.54) is 0 Å². The number of aromatic nitrogens is 2. The van der Waals surface area contributed by atoms with Crippen LogP contribution in [0.15, 0.2) is 64.2 Å². The predicted molar refractivity (Wildman–Crippen MR) is 95.8 cm³/mol. The van der Waals surface area contributed by atoms with Gasteiger partial charge in [0.1, 0.15) is 16.9 Å². The van der Waals surface area contributed by atoms with E-state index in [-0.39, 0.29) is 5.91 Å². The molecule has 1 aromatic carbocycles. The number of hydrogen-bond donors (Lipinski definition) is 1. The van der Waals surface area contributed by atoms with Crippen molar-refractivity contribution in [3.05, 3.63) is 71.9 Å². The molecule has 0 saturated carbocycles. The highest BCUT2D eigenvalue weighted by atomic mass is 16.3. The molecule has 3 aromatic heterocycles. The summed E-state index contributed by atoms with van der Waals surface area (Å²) >= 11 is 0. The van der Waals surface area contributed by atoms with Crippen molar-refractivity contribution in [2.45, 2.75) is 13.8 Å². The van der Waals surface area contributed by atoms with E-state index in [2.05, 4.69) is 15.5 Å². The third kappa shape index (κ3) is 2.67. The Bertz CT molecular complexity index is 1090. The SMILES string of the molecule is CC(=NNC(=O)c1nc2ccccn2c1C)c1cc2ccccc2o1. The lowest BCUT2D eigenvalue weighted by atomic mass is 10.2. The number of aryl methyl sites for hydroxylation is 1. The number of carbonyl (C=O) groups excluding carboxylic acids is 1. The standard InChI is InChI=1S/C19H16N4O2/c1-12(16-11-14-7-3-4-8-15(14)25-16)21-22-19(24)18-13(2)23-10-6-5-9-17(23)20-18/h3-11H,1-2H3,(H,22,24). The molecule has 4 rings (SSSR count). The summed E-state index contributed by atoms with van der Waals surface area (Å²) in [7, 11) is 0. The second kappa shape index (κ2) is 5.90. The van der Waals surface area contributed by atoms with Crippen molar-refractivity contribution in [2.24, 2.45) is 5.10 Å². The minimum atomic E-state index is -0.350. The number of furan rings is 1. The van der Waals surface area contributed by atoms with Crippen LogP contribution in [0, 0.1) is 6.92 Å². The molecule has 3 heterocycles. The number of hydrazone groups is 1. The van der Waals surface area contributed by atoms with Crippen molar-refractivity contribution >= 4 is 28.2 Å². The molecule has 0 aliphatic rings. The first kappa shape index (κ1) is 15.1. The van der Waals surface area contributed by atoms with Gasteiger partial charge in [-0.1, -0.05) is 24.3 Å². The Morgan fingerprint density at radius 2 is 2.00 bits per heavy atom. The maximum atomic E-state index is 12.4. The maximum absolute atomic E-state index is 12.4. The zero-order valence-electron chi connectivity index (χ0n) is 13.9. The zero-order chi connectivity index (χ0) is 17.4. The smallest absolute Gasteiger partial charge is 0.291 e. The van der Waals surface area contributed by atoms with Crippen molar-refractivity contribution in [2.75, 3.05) is 0 Å². The summed E-state index contributed by atoms with van der Waals surface area (Å²) in [5, 5.41) is 5.15. The first-order chi connectivity index (χ1) is 12.1. The monoisotopic (exact) mass is 332 g/mol. The average molecular weight is 332 g/mol. The third-order valence-electron chi connectivity index (χ3n) is 4.09. The highest BCUT2D eigenvalue weighted by molar-refractivity contribution is 6.01. The largest absolute Gasteiger partial charge is 0.455 e. The Morgan fingerprint density at radius 3 is 2.80 bits per heavy atom. The molecule has 4 aromatic rings. The number of benzene rings is 1. The first-order valence-corrected chi connectivity index (χ1v) is 7.91. The molecule has 0 bridgehead atoms. The van der Waals surface area contributed by atoms with E-state index in [1.54, 1.807) is 6.92 Å². The molecule has 0 atom stereocenters. The Balaban J connectivity index is 1.59. The molecular weight excluding hydrogens is 316 g/mol. The Labute approximate surface area is 143 Å². The maximum Gasteiger partial charge on any atom is 0.291 e. The van der Waals surface area contributed by atoms with Crippen LogP contribution in [0.2, 0.25) is 0 Å². The summed E-state index contributed by atoms with van der Waals surface area (Å²) in [6.45, 7) is 3.64. The summed E-state index contributed by atoms with van der Waals surface area (Å²) in [4.78, 5) is 16.8. The van der Waals surface area contributed by atoms with Crippen molar-refractivity contribution in [3.8, 4) is 0 Å². The fourth-order valence-corrected chi connectivity index (χ4v) is 2.74. The number of rotatable bonds is 3. The van der Waals surface area contributed by atoms with Crippen LogP contribution >= 0.6 is 0 Å². The van der Waals surface area contributed by atoms with E-state index in [4.69, 9.17) is 4.42 Å². The van der Waals surface area contributed by atoms with Gasteiger partial charge in [-0.05, 0) is 38.1 Å². The van der Waals surface area contributed by atoms with Crippen LogP contribution in [0.4, 0.5) is 0 Å². The molecule has 0 fully saturated rings. The first-order valence-electron chi connectivity index (χ1n) is 7.91. The molecule has 0 unspecified atom stereocenters. The number of hydrogen-bond acceptors (Lipinski definition) is 4. The van der Waals surface area contributed by atoms with E-state index >= 15 is 0 Å². The van der Waals surface area contributed by atoms with Gasteiger partial charge in [-0.2, -0.15) is 5.10 Å². The highest BCUT2D eigenvalue weighted by Gasteiger charge is 2.15. The molecule has 0 aliphatic carbocycles. The van der Waals surface area contributed by atoms with E-state index in [1.807, 2.05) is 66.1 Å². The molecule has 6 nitrogen and oxygen atoms in total. The molecule has 0 aliphatic heterocycles. The van der Waals surface area contributed by atoms with Crippen LogP contribution in [0.25, 0.3) is 16.6 Å². The van der Waals surface area contributed by atoms with Crippen LogP contribution in [0.5, 0.6) is 0 Å². The third-order valence-corrected chi connectivity index (χ3v) is 4.09. The summed E-state index contributed by atoms with van der Waals surface area (Å²) in [6.07, 6.45) is 1.87. The average Bonchev–Trinajstić information content (AvgIpc) is 3.21. The quantitative estimate of drug-likeness (QED) is 0.461. The van der Waals surface area contributed by atoms with E-state index in [0.29, 0.717) is 17.2 Å². The lowest BCUT2D eigenvalue weighted by Crippen LogP contribution is -2.20. The van der Waals surface area contributed by atoms with Gasteiger partial charge in [0.2, 0.25) is 0 Å². The summed E-state index contributed by atoms with van der Waals surface area (Å²) in [5.41, 5.74) is 5.78. The zero-order valence-corrected chi connectivity index (χ0v) is 13.9. The number of imidazole rings is 1. The van der Waals surface area contributed by atoms with Crippen LogP contribution in [-0.2, 0) is 0 Å². The molecule has 0 radical (unpaired) electrons. The molecular formula is C19H16N4O2. The van der Waals surface area contributed by atoms with Crippen LogP contribution in [0.3, 0.4) is 0 Å². The predicted octanol–water partition coefficient (Wildman–Crippen LogP) is 3.54. The molecule has 25 heavy (non-hydrogen) atoms. The molecule has 1 N–H and O–H groups in total. The van der Waals surface area contributed by atoms with Gasteiger partial charge in [0.25, 0.3) is 5.91 Å². The highest BCUT2D eigenvalue weighted by Crippen LogP contribution is 2.19. The van der Waals surface area contributed by atoms with E-state index < -0.39 is 0 Å². The van der Waals surface area contributed by atoms with Crippen molar-refractivity contribution in [1.82, 2.24) is 14.8 Å². The van der Waals surface area contributed by atoms with E-state index in [0.717, 1.165) is 22.3 Å². The second-order valence-electron chi connectivity index (χ2n) is 5.76. The van der Waals surface area contributed by atoms with Gasteiger partial charge in [0.05, 0.1) is 5.69 Å². The Kier molecular flexibility index (Phi) is 3.57. The lowest BCUT2D eigenvalue weighted by molar-refractivity contribution is 0.0949. The van der Waals surface area contributed by atoms with Gasteiger partial charge in [-0.15, -0.1) is 0 Å². The normalized spacial score (nSPS) is 12.0. The molecule has 124 valence electrons. The minimum Gasteiger partial charge on any atom is -0.455 e. The van der Waals surface area contributed by atoms with Crippen molar-refractivity contribution in [1.29, 1.82) is 0 Å². The summed E-state index contributed by atoms with van der Waals surface area (Å²) < 4.78 is 7.60. The number of fused-ring (bicyclic) bond motifs is 2. The van der Waals surface area contributed by atoms with Gasteiger partial charge < -0.3 is 8.82 Å². The lowest BCUT2D eigenvalue weighted by Gasteiger charge is -2.00. The van der Waals surface area contributed by atoms with E-state index in [9.17, 15) is 4.79 Å². The molecule has 1 amide bonds. The van der Waals surface area contributed by atoms with Gasteiger partial charge >= 0.3 is 0 Å². The fourth-order valence-electron chi connectivity index (χ4n) is 2.74. The van der Waals surface area contributed by atoms with Gasteiger partial charge in [0, 0.05) is 11.6 Å². The molecule has 6 heteroatoms. The topological polar surface area (TPSA) is 71.9 Å². The number of amides is 1. The number of para-hydroxylation sites is 1. The molecule has 0 saturated heterocycles. The second-order valence-corrected chi connectivity index (χ2v) is 5.76. The van der Waals surface area contributed by atoms with Gasteiger partial charge in [-0.25, -0.2) is 10.4 Å². The number of nitrogens with one attached hydrogen (secondary N) is 1. The Morgan fingerprint density at radius 1 is 1.20 bits per heavy atom. The Hall–Kier alpha value is -3.41. The van der Waals surface area contributed by atoms with Crippen LogP contribution in [0.1, 0.15) is 28.9 Å². The van der Waals surface area contributed by atoms with Crippen LogP contribution in [-0.4, -0.2) is 21.0 Å². The minimum absolute atomic E-state index is 0.350. The number of pyridine rings is 1. The van der Waals surface area contributed by atoms with Gasteiger partial charge in [-0.3, -0.25) is 4.79 Å². The summed E-state index contributed by atoms with van der Waals surface area (Å²) in [6, 6.07) is 15.3. The fraction of sp³-hybridized carbons (Fsp3) is 0.105. The number of nitrogens with zero attached hydrogens (tertiary/aromatic N) is 3. The molecule has 0 spiro atoms. The number of carbonyl (C=O) groups is 1. The van der Waals surface area contributed by atoms with Crippen molar-refractivity contribution < 1.29 is 9.21 Å². The van der Waals surface area contributed by atoms with Crippen LogP contribution < -0.4 is 5.43 Å². The van der Waals surface area contributed by atoms with Crippen molar-refractivity contribution in [3.63, 3.8) is 0 Å². The summed E-state index contributed by atoms with van der Waals surface area (Å²) in [5.74, 6) is 0.268. The van der Waals surface area contributed by atoms with Gasteiger partial charge in [0.15, 0.2) is 11.5 Å².